The molecule has 0 atom stereocenters. The van der Waals surface area contributed by atoms with Crippen molar-refractivity contribution >= 4 is 11.6 Å². The number of pyridine rings is 1. The molecule has 0 aliphatic carbocycles. The predicted octanol–water partition coefficient (Wildman–Crippen LogP) is 1.25. The summed E-state index contributed by atoms with van der Waals surface area (Å²) in [5, 5.41) is 0. The summed E-state index contributed by atoms with van der Waals surface area (Å²) in [4.78, 5) is 33.0. The molecule has 0 spiro atoms. The normalized spacial score (nSPS) is 15.6. The minimum absolute atomic E-state index is 0.0766. The van der Waals surface area contributed by atoms with Crippen LogP contribution in [0.3, 0.4) is 0 Å². The van der Waals surface area contributed by atoms with Gasteiger partial charge in [0.2, 0.25) is 0 Å². The van der Waals surface area contributed by atoms with E-state index < -0.39 is 0 Å². The van der Waals surface area contributed by atoms with E-state index in [9.17, 15) is 9.59 Å². The zero-order valence-electron chi connectivity index (χ0n) is 13.7. The molecule has 1 aliphatic heterocycles. The van der Waals surface area contributed by atoms with E-state index in [1.165, 1.54) is 10.7 Å². The Morgan fingerprint density at radius 1 is 1.12 bits per heavy atom. The van der Waals surface area contributed by atoms with Crippen LogP contribution in [0.15, 0.2) is 58.1 Å². The quantitative estimate of drug-likeness (QED) is 0.719. The predicted molar refractivity (Wildman–Crippen MR) is 91.4 cm³/mol. The van der Waals surface area contributed by atoms with Crippen LogP contribution in [0.4, 0.5) is 0 Å². The number of rotatable bonds is 3. The number of amides is 1. The average Bonchev–Trinajstić information content (AvgIpc) is 3.16. The summed E-state index contributed by atoms with van der Waals surface area (Å²) < 4.78 is 6.70. The topological polar surface area (TPSA) is 71.1 Å². The summed E-state index contributed by atoms with van der Waals surface area (Å²) >= 11 is 0. The van der Waals surface area contributed by atoms with Crippen molar-refractivity contribution in [2.75, 3.05) is 26.2 Å². The fraction of sp³-hybridized carbons (Fsp3) is 0.278. The molecule has 0 N–H and O–H groups in total. The maximum absolute atomic E-state index is 12.3. The lowest BCUT2D eigenvalue weighted by molar-refractivity contribution is 0.0596. The van der Waals surface area contributed by atoms with Crippen molar-refractivity contribution in [3.05, 3.63) is 70.7 Å². The first kappa shape index (κ1) is 15.6. The van der Waals surface area contributed by atoms with Crippen LogP contribution in [0, 0.1) is 0 Å². The minimum atomic E-state index is -0.0771. The summed E-state index contributed by atoms with van der Waals surface area (Å²) in [6, 6.07) is 10.5. The van der Waals surface area contributed by atoms with Crippen molar-refractivity contribution in [3.63, 3.8) is 0 Å². The van der Waals surface area contributed by atoms with Crippen LogP contribution in [0.25, 0.3) is 5.65 Å². The van der Waals surface area contributed by atoms with E-state index in [-0.39, 0.29) is 11.5 Å². The van der Waals surface area contributed by atoms with Gasteiger partial charge in [0, 0.05) is 45.0 Å². The van der Waals surface area contributed by atoms with Gasteiger partial charge in [-0.15, -0.1) is 0 Å². The molecule has 7 heteroatoms. The molecular formula is C18H18N4O3. The van der Waals surface area contributed by atoms with E-state index in [0.717, 1.165) is 18.8 Å². The van der Waals surface area contributed by atoms with Gasteiger partial charge in [-0.1, -0.05) is 6.07 Å². The standard InChI is InChI=1S/C18H18N4O3/c23-17-12-14(19-16-5-1-2-6-22(16)17)13-20-7-9-21(10-8-20)18(24)15-4-3-11-25-15/h1-6,11-12H,7-10,13H2. The van der Waals surface area contributed by atoms with Gasteiger partial charge in [-0.25, -0.2) is 4.98 Å². The number of aromatic nitrogens is 2. The van der Waals surface area contributed by atoms with E-state index >= 15 is 0 Å². The number of piperazine rings is 1. The number of hydrogen-bond acceptors (Lipinski definition) is 5. The Labute approximate surface area is 144 Å². The van der Waals surface area contributed by atoms with Gasteiger partial charge in [0.05, 0.1) is 12.0 Å². The Balaban J connectivity index is 1.42. The zero-order valence-corrected chi connectivity index (χ0v) is 13.7. The molecule has 0 saturated carbocycles. The Bertz CT molecular complexity index is 940. The molecule has 3 aromatic heterocycles. The Kier molecular flexibility index (Phi) is 4.07. The molecule has 0 radical (unpaired) electrons. The van der Waals surface area contributed by atoms with Crippen LogP contribution in [0.1, 0.15) is 16.2 Å². The van der Waals surface area contributed by atoms with Gasteiger partial charge < -0.3 is 9.32 Å². The Morgan fingerprint density at radius 2 is 1.96 bits per heavy atom. The van der Waals surface area contributed by atoms with Crippen molar-refractivity contribution in [2.24, 2.45) is 0 Å². The van der Waals surface area contributed by atoms with Crippen molar-refractivity contribution in [1.29, 1.82) is 0 Å². The highest BCUT2D eigenvalue weighted by atomic mass is 16.3. The molecule has 4 rings (SSSR count). The van der Waals surface area contributed by atoms with Crippen LogP contribution in [0.2, 0.25) is 0 Å². The van der Waals surface area contributed by atoms with E-state index in [0.29, 0.717) is 31.0 Å². The molecule has 3 aromatic rings. The molecule has 1 saturated heterocycles. The molecule has 25 heavy (non-hydrogen) atoms. The van der Waals surface area contributed by atoms with Crippen molar-refractivity contribution in [2.45, 2.75) is 6.54 Å². The fourth-order valence-electron chi connectivity index (χ4n) is 3.08. The first-order valence-electron chi connectivity index (χ1n) is 8.23. The minimum Gasteiger partial charge on any atom is -0.459 e. The number of carbonyl (C=O) groups is 1. The largest absolute Gasteiger partial charge is 0.459 e. The van der Waals surface area contributed by atoms with Crippen molar-refractivity contribution < 1.29 is 9.21 Å². The average molecular weight is 338 g/mol. The van der Waals surface area contributed by atoms with Crippen molar-refractivity contribution in [1.82, 2.24) is 19.2 Å². The van der Waals surface area contributed by atoms with Crippen LogP contribution < -0.4 is 5.56 Å². The van der Waals surface area contributed by atoms with Gasteiger partial charge >= 0.3 is 0 Å². The number of hydrogen-bond donors (Lipinski definition) is 0. The third-order valence-corrected chi connectivity index (χ3v) is 4.40. The van der Waals surface area contributed by atoms with Crippen LogP contribution in [0.5, 0.6) is 0 Å². The summed E-state index contributed by atoms with van der Waals surface area (Å²) in [6.07, 6.45) is 3.22. The smallest absolute Gasteiger partial charge is 0.289 e. The first-order valence-corrected chi connectivity index (χ1v) is 8.23. The molecule has 1 amide bonds. The summed E-state index contributed by atoms with van der Waals surface area (Å²) in [7, 11) is 0. The second kappa shape index (κ2) is 6.52. The van der Waals surface area contributed by atoms with Crippen molar-refractivity contribution in [3.8, 4) is 0 Å². The number of nitrogens with zero attached hydrogens (tertiary/aromatic N) is 4. The number of furan rings is 1. The zero-order chi connectivity index (χ0) is 17.2. The summed E-state index contributed by atoms with van der Waals surface area (Å²) in [5.41, 5.74) is 1.32. The van der Waals surface area contributed by atoms with Gasteiger partial charge in [0.1, 0.15) is 5.65 Å². The summed E-state index contributed by atoms with van der Waals surface area (Å²) in [6.45, 7) is 3.34. The highest BCUT2D eigenvalue weighted by molar-refractivity contribution is 5.91. The highest BCUT2D eigenvalue weighted by Gasteiger charge is 2.23. The van der Waals surface area contributed by atoms with Gasteiger partial charge in [-0.05, 0) is 24.3 Å². The van der Waals surface area contributed by atoms with E-state index in [2.05, 4.69) is 9.88 Å². The van der Waals surface area contributed by atoms with Gasteiger partial charge in [-0.3, -0.25) is 18.9 Å². The monoisotopic (exact) mass is 338 g/mol. The fourth-order valence-corrected chi connectivity index (χ4v) is 3.08. The first-order chi connectivity index (χ1) is 12.2. The SMILES string of the molecule is O=C(c1ccco1)N1CCN(Cc2cc(=O)n3ccccc3n2)CC1. The van der Waals surface area contributed by atoms with E-state index in [1.54, 1.807) is 29.3 Å². The molecule has 0 bridgehead atoms. The molecule has 7 nitrogen and oxygen atoms in total. The Hall–Kier alpha value is -2.93. The van der Waals surface area contributed by atoms with Crippen LogP contribution >= 0.6 is 0 Å². The van der Waals surface area contributed by atoms with E-state index in [4.69, 9.17) is 4.42 Å². The molecular weight excluding hydrogens is 320 g/mol. The van der Waals surface area contributed by atoms with Crippen LogP contribution in [-0.4, -0.2) is 51.3 Å². The lowest BCUT2D eigenvalue weighted by atomic mass is 10.2. The maximum Gasteiger partial charge on any atom is 0.289 e. The number of fused-ring (bicyclic) bond motifs is 1. The summed E-state index contributed by atoms with van der Waals surface area (Å²) in [5.74, 6) is 0.296. The molecule has 0 unspecified atom stereocenters. The molecule has 1 fully saturated rings. The lowest BCUT2D eigenvalue weighted by Gasteiger charge is -2.34. The molecule has 0 aromatic carbocycles. The van der Waals surface area contributed by atoms with Gasteiger partial charge in [-0.2, -0.15) is 0 Å². The molecule has 1 aliphatic rings. The second-order valence-corrected chi connectivity index (χ2v) is 6.06. The lowest BCUT2D eigenvalue weighted by Crippen LogP contribution is -2.48. The Morgan fingerprint density at radius 3 is 2.72 bits per heavy atom. The molecule has 128 valence electrons. The van der Waals surface area contributed by atoms with Gasteiger partial charge in [0.15, 0.2) is 5.76 Å². The number of carbonyl (C=O) groups excluding carboxylic acids is 1. The maximum atomic E-state index is 12.3. The second-order valence-electron chi connectivity index (χ2n) is 6.06. The van der Waals surface area contributed by atoms with E-state index in [1.807, 2.05) is 18.2 Å². The third kappa shape index (κ3) is 3.18. The van der Waals surface area contributed by atoms with Crippen LogP contribution in [-0.2, 0) is 6.54 Å². The third-order valence-electron chi connectivity index (χ3n) is 4.40. The van der Waals surface area contributed by atoms with Gasteiger partial charge in [0.25, 0.3) is 11.5 Å². The highest BCUT2D eigenvalue weighted by Crippen LogP contribution is 2.11. The molecule has 4 heterocycles.